The average Bonchev–Trinajstić information content (AvgIpc) is 3.14. The summed E-state index contributed by atoms with van der Waals surface area (Å²) in [5, 5.41) is 14.4. The van der Waals surface area contributed by atoms with Gasteiger partial charge in [0.2, 0.25) is 0 Å². The zero-order valence-corrected chi connectivity index (χ0v) is 17.3. The van der Waals surface area contributed by atoms with Crippen LogP contribution in [0.15, 0.2) is 34.9 Å². The van der Waals surface area contributed by atoms with E-state index in [0.717, 1.165) is 11.3 Å². The molecule has 30 heavy (non-hydrogen) atoms. The number of aryl methyl sites for hydroxylation is 2. The van der Waals surface area contributed by atoms with E-state index in [0.29, 0.717) is 54.2 Å². The molecule has 1 aliphatic heterocycles. The monoisotopic (exact) mass is 405 g/mol. The number of nitrogens with zero attached hydrogens (tertiary/aromatic N) is 5. The molecular weight excluding hydrogens is 382 g/mol. The van der Waals surface area contributed by atoms with E-state index in [2.05, 4.69) is 21.1 Å². The van der Waals surface area contributed by atoms with E-state index in [1.165, 1.54) is 0 Å². The predicted octanol–water partition coefficient (Wildman–Crippen LogP) is 2.87. The quantitative estimate of drug-likeness (QED) is 0.658. The second kappa shape index (κ2) is 8.13. The Labute approximate surface area is 174 Å². The lowest BCUT2D eigenvalue weighted by Gasteiger charge is -2.37. The SMILES string of the molecule is COc1ccc(C(C#N)N2CCN(C(=O)c3cc(C)nc4onc(C)c34)CC2)cc1. The molecule has 0 radical (unpaired) electrons. The van der Waals surface area contributed by atoms with Gasteiger partial charge in [-0.15, -0.1) is 0 Å². The van der Waals surface area contributed by atoms with Gasteiger partial charge in [-0.2, -0.15) is 5.26 Å². The van der Waals surface area contributed by atoms with Gasteiger partial charge in [-0.05, 0) is 37.6 Å². The van der Waals surface area contributed by atoms with Crippen molar-refractivity contribution in [3.63, 3.8) is 0 Å². The first-order valence-electron chi connectivity index (χ1n) is 9.82. The predicted molar refractivity (Wildman–Crippen MR) is 110 cm³/mol. The van der Waals surface area contributed by atoms with Crippen molar-refractivity contribution in [1.29, 1.82) is 5.26 Å². The number of benzene rings is 1. The molecule has 3 aromatic rings. The Bertz CT molecular complexity index is 1110. The molecule has 0 aliphatic carbocycles. The summed E-state index contributed by atoms with van der Waals surface area (Å²) in [5.74, 6) is 0.697. The number of aromatic nitrogens is 2. The number of nitriles is 1. The minimum absolute atomic E-state index is 0.0607. The highest BCUT2D eigenvalue weighted by Crippen LogP contribution is 2.26. The summed E-state index contributed by atoms with van der Waals surface area (Å²) in [5.41, 5.74) is 3.24. The zero-order valence-electron chi connectivity index (χ0n) is 17.3. The topological polar surface area (TPSA) is 95.5 Å². The Balaban J connectivity index is 1.50. The van der Waals surface area contributed by atoms with Gasteiger partial charge >= 0.3 is 0 Å². The van der Waals surface area contributed by atoms with Crippen LogP contribution in [0.3, 0.4) is 0 Å². The molecule has 0 bridgehead atoms. The van der Waals surface area contributed by atoms with Crippen LogP contribution in [0.1, 0.15) is 33.4 Å². The summed E-state index contributed by atoms with van der Waals surface area (Å²) in [6.07, 6.45) is 0. The largest absolute Gasteiger partial charge is 0.497 e. The second-order valence-electron chi connectivity index (χ2n) is 7.39. The van der Waals surface area contributed by atoms with Crippen LogP contribution in [0.5, 0.6) is 5.75 Å². The van der Waals surface area contributed by atoms with Crippen molar-refractivity contribution >= 4 is 17.0 Å². The summed E-state index contributed by atoms with van der Waals surface area (Å²) in [6, 6.07) is 11.4. The van der Waals surface area contributed by atoms with Crippen molar-refractivity contribution in [3.8, 4) is 11.8 Å². The Morgan fingerprint density at radius 2 is 1.90 bits per heavy atom. The van der Waals surface area contributed by atoms with Gasteiger partial charge in [0.05, 0.1) is 29.8 Å². The van der Waals surface area contributed by atoms with Crippen molar-refractivity contribution < 1.29 is 14.1 Å². The Morgan fingerprint density at radius 3 is 2.53 bits per heavy atom. The van der Waals surface area contributed by atoms with Gasteiger partial charge in [0.25, 0.3) is 11.6 Å². The first-order chi connectivity index (χ1) is 14.5. The van der Waals surface area contributed by atoms with Gasteiger partial charge in [-0.3, -0.25) is 9.69 Å². The van der Waals surface area contributed by atoms with Crippen LogP contribution in [-0.4, -0.2) is 59.1 Å². The number of ether oxygens (including phenoxy) is 1. The van der Waals surface area contributed by atoms with E-state index >= 15 is 0 Å². The van der Waals surface area contributed by atoms with Crippen molar-refractivity contribution in [2.75, 3.05) is 33.3 Å². The van der Waals surface area contributed by atoms with Crippen LogP contribution in [0, 0.1) is 25.2 Å². The van der Waals surface area contributed by atoms with Crippen LogP contribution in [0.2, 0.25) is 0 Å². The number of carbonyl (C=O) groups excluding carboxylic acids is 1. The van der Waals surface area contributed by atoms with E-state index in [1.807, 2.05) is 43.0 Å². The standard InChI is InChI=1S/C22H23N5O3/c1-14-12-18(20-15(2)25-30-21(20)24-14)22(28)27-10-8-26(9-11-27)19(13-23)16-4-6-17(29-3)7-5-16/h4-7,12,19H,8-11H2,1-3H3. The molecule has 2 aromatic heterocycles. The third kappa shape index (κ3) is 3.60. The maximum absolute atomic E-state index is 13.2. The van der Waals surface area contributed by atoms with E-state index in [-0.39, 0.29) is 11.9 Å². The van der Waals surface area contributed by atoms with Crippen molar-refractivity contribution in [2.24, 2.45) is 0 Å². The molecule has 154 valence electrons. The Hall–Kier alpha value is -3.44. The van der Waals surface area contributed by atoms with Crippen LogP contribution in [0.25, 0.3) is 11.1 Å². The fourth-order valence-corrected chi connectivity index (χ4v) is 3.89. The zero-order chi connectivity index (χ0) is 21.3. The Kier molecular flexibility index (Phi) is 5.38. The maximum atomic E-state index is 13.2. The molecular formula is C22H23N5O3. The summed E-state index contributed by atoms with van der Waals surface area (Å²) >= 11 is 0. The molecule has 1 saturated heterocycles. The fourth-order valence-electron chi connectivity index (χ4n) is 3.89. The first kappa shape index (κ1) is 19.9. The van der Waals surface area contributed by atoms with Gasteiger partial charge in [0, 0.05) is 31.9 Å². The number of carbonyl (C=O) groups is 1. The summed E-state index contributed by atoms with van der Waals surface area (Å²) < 4.78 is 10.4. The average molecular weight is 405 g/mol. The minimum atomic E-state index is -0.358. The van der Waals surface area contributed by atoms with Crippen LogP contribution >= 0.6 is 0 Å². The molecule has 1 amide bonds. The number of piperazine rings is 1. The van der Waals surface area contributed by atoms with Gasteiger partial charge in [0.1, 0.15) is 11.8 Å². The number of rotatable bonds is 4. The van der Waals surface area contributed by atoms with Crippen molar-refractivity contribution in [2.45, 2.75) is 19.9 Å². The van der Waals surface area contributed by atoms with Gasteiger partial charge in [-0.1, -0.05) is 17.3 Å². The molecule has 4 rings (SSSR count). The number of amides is 1. The summed E-state index contributed by atoms with van der Waals surface area (Å²) in [6.45, 7) is 5.96. The molecule has 3 heterocycles. The number of fused-ring (bicyclic) bond motifs is 1. The van der Waals surface area contributed by atoms with E-state index in [1.54, 1.807) is 13.2 Å². The van der Waals surface area contributed by atoms with E-state index in [4.69, 9.17) is 9.26 Å². The molecule has 1 unspecified atom stereocenters. The summed E-state index contributed by atoms with van der Waals surface area (Å²) in [7, 11) is 1.62. The molecule has 0 N–H and O–H groups in total. The molecule has 8 heteroatoms. The lowest BCUT2D eigenvalue weighted by atomic mass is 10.0. The number of hydrogen-bond acceptors (Lipinski definition) is 7. The van der Waals surface area contributed by atoms with Crippen molar-refractivity contribution in [1.82, 2.24) is 19.9 Å². The second-order valence-corrected chi connectivity index (χ2v) is 7.39. The first-order valence-corrected chi connectivity index (χ1v) is 9.82. The van der Waals surface area contributed by atoms with E-state index < -0.39 is 0 Å². The molecule has 1 fully saturated rings. The van der Waals surface area contributed by atoms with Gasteiger partial charge in [-0.25, -0.2) is 4.98 Å². The lowest BCUT2D eigenvalue weighted by Crippen LogP contribution is -2.49. The normalized spacial score (nSPS) is 15.7. The fraction of sp³-hybridized carbons (Fsp3) is 0.364. The lowest BCUT2D eigenvalue weighted by molar-refractivity contribution is 0.0608. The minimum Gasteiger partial charge on any atom is -0.497 e. The van der Waals surface area contributed by atoms with Gasteiger partial charge in [0.15, 0.2) is 0 Å². The molecule has 1 atom stereocenters. The Morgan fingerprint density at radius 1 is 1.20 bits per heavy atom. The smallest absolute Gasteiger partial charge is 0.258 e. The third-order valence-corrected chi connectivity index (χ3v) is 5.50. The highest BCUT2D eigenvalue weighted by atomic mass is 16.5. The maximum Gasteiger partial charge on any atom is 0.258 e. The summed E-state index contributed by atoms with van der Waals surface area (Å²) in [4.78, 5) is 21.5. The van der Waals surface area contributed by atoms with Crippen LogP contribution in [-0.2, 0) is 0 Å². The van der Waals surface area contributed by atoms with Crippen LogP contribution in [0.4, 0.5) is 0 Å². The molecule has 8 nitrogen and oxygen atoms in total. The number of hydrogen-bond donors (Lipinski definition) is 0. The van der Waals surface area contributed by atoms with Gasteiger partial charge < -0.3 is 14.2 Å². The highest BCUT2D eigenvalue weighted by Gasteiger charge is 2.29. The number of pyridine rings is 1. The van der Waals surface area contributed by atoms with E-state index in [9.17, 15) is 10.1 Å². The highest BCUT2D eigenvalue weighted by molar-refractivity contribution is 6.06. The van der Waals surface area contributed by atoms with Crippen molar-refractivity contribution in [3.05, 3.63) is 52.8 Å². The molecule has 0 saturated carbocycles. The van der Waals surface area contributed by atoms with Crippen LogP contribution < -0.4 is 4.74 Å². The third-order valence-electron chi connectivity index (χ3n) is 5.50. The molecule has 0 spiro atoms. The number of methoxy groups -OCH3 is 1. The molecule has 1 aromatic carbocycles. The molecule has 1 aliphatic rings.